The first kappa shape index (κ1) is 16.8. The highest BCUT2D eigenvalue weighted by atomic mass is 32.1. The number of nitrogens with zero attached hydrogens (tertiary/aromatic N) is 3. The molecule has 2 atom stereocenters. The van der Waals surface area contributed by atoms with Gasteiger partial charge in [-0.05, 0) is 37.8 Å². The number of anilines is 1. The number of thiazole rings is 1. The van der Waals surface area contributed by atoms with Crippen molar-refractivity contribution in [2.45, 2.75) is 38.8 Å². The van der Waals surface area contributed by atoms with Crippen LogP contribution in [0.1, 0.15) is 40.2 Å². The van der Waals surface area contributed by atoms with Gasteiger partial charge in [0.15, 0.2) is 5.13 Å². The fourth-order valence-electron chi connectivity index (χ4n) is 3.50. The number of amides is 2. The predicted octanol–water partition coefficient (Wildman–Crippen LogP) is 4.01. The van der Waals surface area contributed by atoms with E-state index in [4.69, 9.17) is 0 Å². The number of carbonyl (C=O) groups excluding carboxylic acids is 1. The third kappa shape index (κ3) is 3.22. The molecule has 2 amide bonds. The Morgan fingerprint density at radius 1 is 1.31 bits per heavy atom. The fraction of sp³-hybridized carbons (Fsp3) is 0.316. The molecule has 3 aromatic rings. The van der Waals surface area contributed by atoms with Gasteiger partial charge in [0.05, 0.1) is 24.1 Å². The van der Waals surface area contributed by atoms with Gasteiger partial charge >= 0.3 is 6.03 Å². The van der Waals surface area contributed by atoms with E-state index in [1.807, 2.05) is 32.4 Å². The molecule has 0 saturated heterocycles. The largest absolute Gasteiger partial charge is 0.332 e. The lowest BCUT2D eigenvalue weighted by Crippen LogP contribution is -2.39. The van der Waals surface area contributed by atoms with Gasteiger partial charge in [-0.3, -0.25) is 5.32 Å². The van der Waals surface area contributed by atoms with Crippen molar-refractivity contribution in [2.24, 2.45) is 0 Å². The van der Waals surface area contributed by atoms with Crippen molar-refractivity contribution in [3.05, 3.63) is 64.7 Å². The van der Waals surface area contributed by atoms with Gasteiger partial charge in [-0.15, -0.1) is 11.3 Å². The Morgan fingerprint density at radius 3 is 2.88 bits per heavy atom. The quantitative estimate of drug-likeness (QED) is 0.735. The maximum Gasteiger partial charge on any atom is 0.321 e. The van der Waals surface area contributed by atoms with Crippen molar-refractivity contribution in [1.29, 1.82) is 0 Å². The van der Waals surface area contributed by atoms with Crippen LogP contribution in [0.3, 0.4) is 0 Å². The van der Waals surface area contributed by atoms with Gasteiger partial charge in [0.1, 0.15) is 0 Å². The molecule has 0 fully saturated rings. The molecule has 0 bridgehead atoms. The Bertz CT molecular complexity index is 898. The molecule has 7 heteroatoms. The van der Waals surface area contributed by atoms with Crippen molar-refractivity contribution in [1.82, 2.24) is 19.9 Å². The first-order valence-corrected chi connectivity index (χ1v) is 9.50. The molecule has 0 spiro atoms. The zero-order chi connectivity index (χ0) is 18.1. The van der Waals surface area contributed by atoms with Crippen molar-refractivity contribution in [3.8, 4) is 0 Å². The van der Waals surface area contributed by atoms with Gasteiger partial charge in [0.25, 0.3) is 0 Å². The minimum absolute atomic E-state index is 0.115. The van der Waals surface area contributed by atoms with Crippen LogP contribution in [-0.4, -0.2) is 20.6 Å². The first-order valence-electron chi connectivity index (χ1n) is 8.68. The number of hydrogen-bond donors (Lipinski definition) is 2. The third-order valence-corrected chi connectivity index (χ3v) is 5.92. The van der Waals surface area contributed by atoms with Crippen LogP contribution in [0.15, 0.2) is 43.0 Å². The monoisotopic (exact) mass is 367 g/mol. The first-order chi connectivity index (χ1) is 12.6. The van der Waals surface area contributed by atoms with E-state index < -0.39 is 0 Å². The lowest BCUT2D eigenvalue weighted by Gasteiger charge is -2.34. The zero-order valence-corrected chi connectivity index (χ0v) is 15.6. The molecule has 26 heavy (non-hydrogen) atoms. The Labute approximate surface area is 156 Å². The number of carbonyl (C=O) groups is 1. The Morgan fingerprint density at radius 2 is 2.15 bits per heavy atom. The topological polar surface area (TPSA) is 71.8 Å². The molecule has 2 aromatic heterocycles. The highest BCUT2D eigenvalue weighted by Crippen LogP contribution is 2.37. The lowest BCUT2D eigenvalue weighted by atomic mass is 9.84. The van der Waals surface area contributed by atoms with E-state index in [0.717, 1.165) is 23.4 Å². The standard InChI is InChI=1S/C19H21N5OS/c1-12-13(2)26-19(21-12)23-18(25)22-17-15-6-4-3-5-14(15)7-8-16(17)24-10-9-20-11-24/h3-6,9-11,16-17H,7-8H2,1-2H3,(H2,21,22,23,25)/t16-,17+/m0/s1. The normalized spacial score (nSPS) is 19.0. The van der Waals surface area contributed by atoms with Crippen LogP contribution in [0.2, 0.25) is 0 Å². The third-order valence-electron chi connectivity index (χ3n) is 4.93. The minimum atomic E-state index is -0.231. The number of rotatable bonds is 3. The molecule has 1 aromatic carbocycles. The summed E-state index contributed by atoms with van der Waals surface area (Å²) in [6.45, 7) is 3.95. The molecular weight excluding hydrogens is 346 g/mol. The van der Waals surface area contributed by atoms with E-state index in [0.29, 0.717) is 5.13 Å². The summed E-state index contributed by atoms with van der Waals surface area (Å²) in [5.74, 6) is 0. The second kappa shape index (κ2) is 6.92. The second-order valence-electron chi connectivity index (χ2n) is 6.55. The second-order valence-corrected chi connectivity index (χ2v) is 7.75. The maximum atomic E-state index is 12.6. The van der Waals surface area contributed by atoms with E-state index in [1.54, 1.807) is 6.20 Å². The summed E-state index contributed by atoms with van der Waals surface area (Å²) in [6, 6.07) is 8.10. The van der Waals surface area contributed by atoms with Crippen LogP contribution in [0.5, 0.6) is 0 Å². The molecule has 0 unspecified atom stereocenters. The Balaban J connectivity index is 1.59. The van der Waals surface area contributed by atoms with E-state index in [1.165, 1.54) is 22.5 Å². The smallest absolute Gasteiger partial charge is 0.321 e. The van der Waals surface area contributed by atoms with E-state index in [9.17, 15) is 4.79 Å². The molecule has 0 saturated carbocycles. The van der Waals surface area contributed by atoms with Crippen LogP contribution >= 0.6 is 11.3 Å². The highest BCUT2D eigenvalue weighted by Gasteiger charge is 2.31. The summed E-state index contributed by atoms with van der Waals surface area (Å²) in [6.07, 6.45) is 7.49. The molecule has 6 nitrogen and oxygen atoms in total. The van der Waals surface area contributed by atoms with Gasteiger partial charge in [-0.25, -0.2) is 14.8 Å². The van der Waals surface area contributed by atoms with Crippen molar-refractivity contribution < 1.29 is 4.79 Å². The Kier molecular flexibility index (Phi) is 4.46. The van der Waals surface area contributed by atoms with Gasteiger partial charge in [-0.1, -0.05) is 24.3 Å². The van der Waals surface area contributed by atoms with Crippen LogP contribution in [0.4, 0.5) is 9.93 Å². The summed E-state index contributed by atoms with van der Waals surface area (Å²) < 4.78 is 2.08. The average molecular weight is 367 g/mol. The summed E-state index contributed by atoms with van der Waals surface area (Å²) in [5.41, 5.74) is 3.40. The van der Waals surface area contributed by atoms with Crippen molar-refractivity contribution in [2.75, 3.05) is 5.32 Å². The van der Waals surface area contributed by atoms with Crippen LogP contribution in [-0.2, 0) is 6.42 Å². The zero-order valence-electron chi connectivity index (χ0n) is 14.8. The number of aryl methyl sites for hydroxylation is 3. The van der Waals surface area contributed by atoms with E-state index >= 15 is 0 Å². The molecule has 4 rings (SSSR count). The number of aromatic nitrogens is 3. The number of imidazole rings is 1. The maximum absolute atomic E-state index is 12.6. The highest BCUT2D eigenvalue weighted by molar-refractivity contribution is 7.15. The SMILES string of the molecule is Cc1nc(NC(=O)N[C@@H]2c3ccccc3CC[C@@H]2n2ccnc2)sc1C. The van der Waals surface area contributed by atoms with Crippen LogP contribution in [0, 0.1) is 13.8 Å². The molecular formula is C19H21N5OS. The summed E-state index contributed by atoms with van der Waals surface area (Å²) in [4.78, 5) is 22.3. The van der Waals surface area contributed by atoms with Gasteiger partial charge < -0.3 is 9.88 Å². The minimum Gasteiger partial charge on any atom is -0.332 e. The molecule has 134 valence electrons. The average Bonchev–Trinajstić information content (AvgIpc) is 3.26. The molecule has 0 aliphatic heterocycles. The van der Waals surface area contributed by atoms with Gasteiger partial charge in [0, 0.05) is 17.3 Å². The number of urea groups is 1. The van der Waals surface area contributed by atoms with Crippen LogP contribution in [0.25, 0.3) is 0 Å². The summed E-state index contributed by atoms with van der Waals surface area (Å²) in [5, 5.41) is 6.66. The number of fused-ring (bicyclic) bond motifs is 1. The van der Waals surface area contributed by atoms with Crippen molar-refractivity contribution in [3.63, 3.8) is 0 Å². The predicted molar refractivity (Wildman–Crippen MR) is 103 cm³/mol. The molecule has 1 aliphatic carbocycles. The summed E-state index contributed by atoms with van der Waals surface area (Å²) >= 11 is 1.49. The molecule has 1 aliphatic rings. The number of nitrogens with one attached hydrogen (secondary N) is 2. The fourth-order valence-corrected chi connectivity index (χ4v) is 4.31. The molecule has 0 radical (unpaired) electrons. The lowest BCUT2D eigenvalue weighted by molar-refractivity contribution is 0.239. The Hall–Kier alpha value is -2.67. The van der Waals surface area contributed by atoms with Crippen molar-refractivity contribution >= 4 is 22.5 Å². The van der Waals surface area contributed by atoms with Gasteiger partial charge in [0.2, 0.25) is 0 Å². The van der Waals surface area contributed by atoms with E-state index in [2.05, 4.69) is 43.4 Å². The van der Waals surface area contributed by atoms with Crippen LogP contribution < -0.4 is 10.6 Å². The number of hydrogen-bond acceptors (Lipinski definition) is 4. The van der Waals surface area contributed by atoms with E-state index in [-0.39, 0.29) is 18.1 Å². The van der Waals surface area contributed by atoms with Gasteiger partial charge in [-0.2, -0.15) is 0 Å². The molecule has 2 N–H and O–H groups in total. The number of benzene rings is 1. The molecule has 2 heterocycles. The summed E-state index contributed by atoms with van der Waals surface area (Å²) in [7, 11) is 0.